The summed E-state index contributed by atoms with van der Waals surface area (Å²) in [4.78, 5) is 11.9. The van der Waals surface area contributed by atoms with Crippen molar-refractivity contribution in [2.75, 3.05) is 5.32 Å². The van der Waals surface area contributed by atoms with Gasteiger partial charge in [0.05, 0.1) is 20.7 Å². The van der Waals surface area contributed by atoms with Crippen molar-refractivity contribution in [3.8, 4) is 5.75 Å². The first-order valence-electron chi connectivity index (χ1n) is 5.44. The van der Waals surface area contributed by atoms with E-state index in [1.807, 2.05) is 0 Å². The molecule has 2 aromatic rings. The maximum absolute atomic E-state index is 13.6. The number of phenolic OH excluding ortho intramolecular Hbond substituents is 1. The number of aromatic hydroxyl groups is 1. The van der Waals surface area contributed by atoms with Crippen molar-refractivity contribution in [3.05, 3.63) is 56.8 Å². The van der Waals surface area contributed by atoms with Crippen molar-refractivity contribution in [2.45, 2.75) is 0 Å². The SMILES string of the molecule is O=C(Nc1cccc(Cl)c1Br)c1cc(F)c(F)c(O)c1F. The molecule has 110 valence electrons. The van der Waals surface area contributed by atoms with Crippen LogP contribution in [-0.2, 0) is 0 Å². The highest BCUT2D eigenvalue weighted by Gasteiger charge is 2.23. The summed E-state index contributed by atoms with van der Waals surface area (Å²) < 4.78 is 40.1. The molecule has 2 N–H and O–H groups in total. The molecule has 0 saturated carbocycles. The molecule has 2 rings (SSSR count). The number of benzene rings is 2. The Morgan fingerprint density at radius 1 is 1.24 bits per heavy atom. The topological polar surface area (TPSA) is 49.3 Å². The fourth-order valence-electron chi connectivity index (χ4n) is 1.55. The maximum Gasteiger partial charge on any atom is 0.258 e. The smallest absolute Gasteiger partial charge is 0.258 e. The zero-order chi connectivity index (χ0) is 15.7. The normalized spacial score (nSPS) is 10.5. The lowest BCUT2D eigenvalue weighted by Crippen LogP contribution is -2.15. The Balaban J connectivity index is 2.40. The third kappa shape index (κ3) is 2.98. The molecule has 2 aromatic carbocycles. The van der Waals surface area contributed by atoms with Crippen molar-refractivity contribution in [1.29, 1.82) is 0 Å². The number of amides is 1. The molecule has 0 atom stereocenters. The van der Waals surface area contributed by atoms with Crippen LogP contribution in [0.5, 0.6) is 5.75 Å². The molecule has 0 heterocycles. The minimum Gasteiger partial charge on any atom is -0.503 e. The van der Waals surface area contributed by atoms with Crippen LogP contribution < -0.4 is 5.32 Å². The van der Waals surface area contributed by atoms with Crippen molar-refractivity contribution in [3.63, 3.8) is 0 Å². The van der Waals surface area contributed by atoms with Gasteiger partial charge in [0, 0.05) is 0 Å². The second-order valence-corrected chi connectivity index (χ2v) is 5.14. The van der Waals surface area contributed by atoms with Gasteiger partial charge in [0.2, 0.25) is 5.82 Å². The molecule has 1 amide bonds. The van der Waals surface area contributed by atoms with Crippen LogP contribution in [0.25, 0.3) is 0 Å². The number of rotatable bonds is 2. The summed E-state index contributed by atoms with van der Waals surface area (Å²) >= 11 is 8.94. The predicted molar refractivity (Wildman–Crippen MR) is 75.1 cm³/mol. The number of hydrogen-bond acceptors (Lipinski definition) is 2. The molecule has 0 aliphatic heterocycles. The monoisotopic (exact) mass is 379 g/mol. The Labute approximate surface area is 130 Å². The molecule has 0 fully saturated rings. The van der Waals surface area contributed by atoms with E-state index in [2.05, 4.69) is 21.2 Å². The van der Waals surface area contributed by atoms with Crippen LogP contribution in [0, 0.1) is 17.5 Å². The van der Waals surface area contributed by atoms with E-state index in [1.165, 1.54) is 12.1 Å². The molecule has 21 heavy (non-hydrogen) atoms. The summed E-state index contributed by atoms with van der Waals surface area (Å²) in [5.74, 6) is -7.46. The highest BCUT2D eigenvalue weighted by atomic mass is 79.9. The second-order valence-electron chi connectivity index (χ2n) is 3.94. The van der Waals surface area contributed by atoms with Crippen LogP contribution in [0.2, 0.25) is 5.02 Å². The van der Waals surface area contributed by atoms with Crippen LogP contribution in [0.3, 0.4) is 0 Å². The summed E-state index contributed by atoms with van der Waals surface area (Å²) in [7, 11) is 0. The fraction of sp³-hybridized carbons (Fsp3) is 0. The zero-order valence-corrected chi connectivity index (χ0v) is 12.4. The molecule has 0 unspecified atom stereocenters. The third-order valence-corrected chi connectivity index (χ3v) is 3.98. The number of carbonyl (C=O) groups excluding carboxylic acids is 1. The van der Waals surface area contributed by atoms with Crippen LogP contribution in [0.4, 0.5) is 18.9 Å². The standard InChI is InChI=1S/C13H6BrClF3NO2/c14-9-6(15)2-1-3-8(9)19-13(21)5-4-7(16)11(18)12(20)10(5)17/h1-4,20H,(H,19,21). The van der Waals surface area contributed by atoms with Gasteiger partial charge in [-0.25, -0.2) is 8.78 Å². The maximum atomic E-state index is 13.6. The first-order chi connectivity index (χ1) is 9.82. The Morgan fingerprint density at radius 3 is 2.57 bits per heavy atom. The van der Waals surface area contributed by atoms with Crippen LogP contribution in [0.15, 0.2) is 28.7 Å². The number of carbonyl (C=O) groups is 1. The van der Waals surface area contributed by atoms with Gasteiger partial charge in [-0.2, -0.15) is 4.39 Å². The summed E-state index contributed by atoms with van der Waals surface area (Å²) in [5.41, 5.74) is -0.630. The third-order valence-electron chi connectivity index (χ3n) is 2.58. The molecule has 0 aliphatic rings. The Kier molecular flexibility index (Phi) is 4.43. The van der Waals surface area contributed by atoms with E-state index < -0.39 is 34.7 Å². The highest BCUT2D eigenvalue weighted by Crippen LogP contribution is 2.31. The van der Waals surface area contributed by atoms with Gasteiger partial charge < -0.3 is 10.4 Å². The predicted octanol–water partition coefficient (Wildman–Crippen LogP) is 4.48. The van der Waals surface area contributed by atoms with Crippen LogP contribution in [-0.4, -0.2) is 11.0 Å². The summed E-state index contributed by atoms with van der Waals surface area (Å²) in [5, 5.41) is 11.6. The quantitative estimate of drug-likeness (QED) is 0.755. The zero-order valence-electron chi connectivity index (χ0n) is 10.1. The molecule has 0 saturated heterocycles. The largest absolute Gasteiger partial charge is 0.503 e. The second kappa shape index (κ2) is 5.95. The molecule has 0 radical (unpaired) electrons. The summed E-state index contributed by atoms with van der Waals surface area (Å²) in [6.07, 6.45) is 0. The first-order valence-corrected chi connectivity index (χ1v) is 6.61. The Bertz CT molecular complexity index is 740. The number of phenols is 1. The van der Waals surface area contributed by atoms with E-state index in [0.717, 1.165) is 0 Å². The van der Waals surface area contributed by atoms with E-state index in [0.29, 0.717) is 15.6 Å². The number of nitrogens with one attached hydrogen (secondary N) is 1. The van der Waals surface area contributed by atoms with Gasteiger partial charge in [-0.15, -0.1) is 0 Å². The van der Waals surface area contributed by atoms with Crippen molar-refractivity contribution in [2.24, 2.45) is 0 Å². The van der Waals surface area contributed by atoms with E-state index in [1.54, 1.807) is 6.07 Å². The number of anilines is 1. The summed E-state index contributed by atoms with van der Waals surface area (Å²) in [6.45, 7) is 0. The van der Waals surface area contributed by atoms with Gasteiger partial charge in [-0.3, -0.25) is 4.79 Å². The molecule has 0 bridgehead atoms. The van der Waals surface area contributed by atoms with Gasteiger partial charge in [-0.05, 0) is 34.1 Å². The van der Waals surface area contributed by atoms with Gasteiger partial charge in [0.15, 0.2) is 17.4 Å². The lowest BCUT2D eigenvalue weighted by molar-refractivity contribution is 0.102. The van der Waals surface area contributed by atoms with E-state index in [-0.39, 0.29) is 5.69 Å². The first kappa shape index (κ1) is 15.7. The fourth-order valence-corrected chi connectivity index (χ4v) is 2.08. The van der Waals surface area contributed by atoms with Crippen molar-refractivity contribution >= 4 is 39.1 Å². The van der Waals surface area contributed by atoms with Crippen molar-refractivity contribution in [1.82, 2.24) is 0 Å². The Hall–Kier alpha value is -1.73. The van der Waals surface area contributed by atoms with E-state index >= 15 is 0 Å². The Morgan fingerprint density at radius 2 is 1.90 bits per heavy atom. The highest BCUT2D eigenvalue weighted by molar-refractivity contribution is 9.10. The molecular formula is C13H6BrClF3NO2. The number of halogens is 5. The molecule has 0 aliphatic carbocycles. The lowest BCUT2D eigenvalue weighted by Gasteiger charge is -2.10. The minimum absolute atomic E-state index is 0.205. The lowest BCUT2D eigenvalue weighted by atomic mass is 10.1. The van der Waals surface area contributed by atoms with Crippen LogP contribution in [0.1, 0.15) is 10.4 Å². The molecule has 8 heteroatoms. The average molecular weight is 381 g/mol. The molecular weight excluding hydrogens is 374 g/mol. The molecule has 3 nitrogen and oxygen atoms in total. The number of hydrogen-bond donors (Lipinski definition) is 2. The van der Waals surface area contributed by atoms with Gasteiger partial charge in [0.25, 0.3) is 5.91 Å². The molecule has 0 spiro atoms. The molecule has 0 aromatic heterocycles. The average Bonchev–Trinajstić information content (AvgIpc) is 2.45. The van der Waals surface area contributed by atoms with E-state index in [9.17, 15) is 18.0 Å². The van der Waals surface area contributed by atoms with Crippen molar-refractivity contribution < 1.29 is 23.1 Å². The van der Waals surface area contributed by atoms with Crippen LogP contribution >= 0.6 is 27.5 Å². The minimum atomic E-state index is -1.76. The van der Waals surface area contributed by atoms with Gasteiger partial charge in [-0.1, -0.05) is 17.7 Å². The van der Waals surface area contributed by atoms with E-state index in [4.69, 9.17) is 16.7 Å². The van der Waals surface area contributed by atoms with Gasteiger partial charge in [0.1, 0.15) is 0 Å². The summed E-state index contributed by atoms with van der Waals surface area (Å²) in [6, 6.07) is 4.90. The van der Waals surface area contributed by atoms with Gasteiger partial charge >= 0.3 is 0 Å².